The van der Waals surface area contributed by atoms with Crippen LogP contribution in [0.3, 0.4) is 0 Å². The highest BCUT2D eigenvalue weighted by Gasteiger charge is 2.21. The van der Waals surface area contributed by atoms with Gasteiger partial charge < -0.3 is 10.4 Å². The van der Waals surface area contributed by atoms with Crippen LogP contribution in [-0.4, -0.2) is 22.4 Å². The van der Waals surface area contributed by atoms with Crippen LogP contribution in [0, 0.1) is 11.6 Å². The third kappa shape index (κ3) is 5.43. The molecular formula is C20H20ClF2NO2S. The van der Waals surface area contributed by atoms with E-state index in [1.807, 2.05) is 0 Å². The van der Waals surface area contributed by atoms with E-state index in [9.17, 15) is 18.7 Å². The predicted octanol–water partition coefficient (Wildman–Crippen LogP) is 5.66. The fourth-order valence-corrected chi connectivity index (χ4v) is 4.61. The molecule has 144 valence electrons. The molecule has 2 N–H and O–H groups in total. The SMILES string of the molecule is O=C(Nc1ccc(F)c(Cl)c1)c1ccc(F)c(S[C@H]2CCCC[C@H](O)C2)c1. The average Bonchev–Trinajstić information content (AvgIpc) is 2.84. The van der Waals surface area contributed by atoms with Crippen molar-refractivity contribution in [1.82, 2.24) is 0 Å². The molecule has 2 aromatic carbocycles. The molecule has 3 nitrogen and oxygen atoms in total. The summed E-state index contributed by atoms with van der Waals surface area (Å²) < 4.78 is 27.5. The molecule has 0 radical (unpaired) electrons. The zero-order chi connectivity index (χ0) is 19.4. The largest absolute Gasteiger partial charge is 0.393 e. The Balaban J connectivity index is 1.73. The van der Waals surface area contributed by atoms with Gasteiger partial charge in [-0.05, 0) is 55.7 Å². The number of halogens is 3. The summed E-state index contributed by atoms with van der Waals surface area (Å²) in [6, 6.07) is 8.08. The summed E-state index contributed by atoms with van der Waals surface area (Å²) in [7, 11) is 0. The Hall–Kier alpha value is -1.63. The Labute approximate surface area is 166 Å². The molecule has 0 aliphatic heterocycles. The number of nitrogens with one attached hydrogen (secondary N) is 1. The fourth-order valence-electron chi connectivity index (χ4n) is 3.09. The Kier molecular flexibility index (Phi) is 6.73. The maximum absolute atomic E-state index is 14.2. The van der Waals surface area contributed by atoms with Crippen molar-refractivity contribution in [1.29, 1.82) is 0 Å². The highest BCUT2D eigenvalue weighted by molar-refractivity contribution is 8.00. The summed E-state index contributed by atoms with van der Waals surface area (Å²) >= 11 is 7.09. The number of aliphatic hydroxyl groups excluding tert-OH is 1. The van der Waals surface area contributed by atoms with Crippen molar-refractivity contribution in [3.63, 3.8) is 0 Å². The van der Waals surface area contributed by atoms with Crippen LogP contribution >= 0.6 is 23.4 Å². The van der Waals surface area contributed by atoms with Crippen LogP contribution in [0.25, 0.3) is 0 Å². The molecular weight excluding hydrogens is 392 g/mol. The van der Waals surface area contributed by atoms with Gasteiger partial charge in [-0.3, -0.25) is 4.79 Å². The molecule has 2 atom stereocenters. The highest BCUT2D eigenvalue weighted by atomic mass is 35.5. The lowest BCUT2D eigenvalue weighted by molar-refractivity contribution is 0.102. The van der Waals surface area contributed by atoms with Gasteiger partial charge in [-0.15, -0.1) is 11.8 Å². The Bertz CT molecular complexity index is 834. The predicted molar refractivity (Wildman–Crippen MR) is 105 cm³/mol. The molecule has 1 aliphatic rings. The van der Waals surface area contributed by atoms with E-state index in [-0.39, 0.29) is 22.2 Å². The Morgan fingerprint density at radius 3 is 2.63 bits per heavy atom. The van der Waals surface area contributed by atoms with Crippen LogP contribution in [0.15, 0.2) is 41.3 Å². The summed E-state index contributed by atoms with van der Waals surface area (Å²) in [4.78, 5) is 12.8. The minimum Gasteiger partial charge on any atom is -0.393 e. The minimum absolute atomic E-state index is 0.0879. The molecule has 7 heteroatoms. The van der Waals surface area contributed by atoms with Crippen molar-refractivity contribution in [2.45, 2.75) is 48.4 Å². The number of thioether (sulfide) groups is 1. The van der Waals surface area contributed by atoms with Crippen LogP contribution in [0.5, 0.6) is 0 Å². The van der Waals surface area contributed by atoms with Crippen molar-refractivity contribution >= 4 is 35.0 Å². The maximum Gasteiger partial charge on any atom is 0.255 e. The topological polar surface area (TPSA) is 49.3 Å². The van der Waals surface area contributed by atoms with Crippen LogP contribution in [0.1, 0.15) is 42.5 Å². The molecule has 1 amide bonds. The van der Waals surface area contributed by atoms with E-state index in [0.717, 1.165) is 25.7 Å². The lowest BCUT2D eigenvalue weighted by atomic mass is 10.2. The molecule has 0 bridgehead atoms. The van der Waals surface area contributed by atoms with Gasteiger partial charge in [0, 0.05) is 21.4 Å². The Morgan fingerprint density at radius 2 is 1.85 bits per heavy atom. The average molecular weight is 412 g/mol. The third-order valence-electron chi connectivity index (χ3n) is 4.51. The summed E-state index contributed by atoms with van der Waals surface area (Å²) in [6.07, 6.45) is 3.93. The van der Waals surface area contributed by atoms with E-state index in [2.05, 4.69) is 5.32 Å². The van der Waals surface area contributed by atoms with E-state index in [1.54, 1.807) is 0 Å². The summed E-state index contributed by atoms with van der Waals surface area (Å²) in [5.74, 6) is -1.39. The summed E-state index contributed by atoms with van der Waals surface area (Å²) in [5.41, 5.74) is 0.658. The van der Waals surface area contributed by atoms with Gasteiger partial charge in [0.05, 0.1) is 11.1 Å². The second-order valence-corrected chi connectivity index (χ2v) is 8.39. The number of hydrogen-bond donors (Lipinski definition) is 2. The number of rotatable bonds is 4. The number of anilines is 1. The van der Waals surface area contributed by atoms with Gasteiger partial charge in [-0.2, -0.15) is 0 Å². The van der Waals surface area contributed by atoms with Gasteiger partial charge in [0.1, 0.15) is 11.6 Å². The molecule has 0 unspecified atom stereocenters. The Morgan fingerprint density at radius 1 is 1.11 bits per heavy atom. The maximum atomic E-state index is 14.2. The zero-order valence-corrected chi connectivity index (χ0v) is 16.1. The van der Waals surface area contributed by atoms with Crippen molar-refractivity contribution in [2.75, 3.05) is 5.32 Å². The first kappa shape index (κ1) is 20.1. The molecule has 1 aliphatic carbocycles. The molecule has 27 heavy (non-hydrogen) atoms. The smallest absolute Gasteiger partial charge is 0.255 e. The first-order chi connectivity index (χ1) is 12.9. The highest BCUT2D eigenvalue weighted by Crippen LogP contribution is 2.35. The number of carbonyl (C=O) groups is 1. The normalized spacial score (nSPS) is 20.1. The van der Waals surface area contributed by atoms with E-state index in [0.29, 0.717) is 22.6 Å². The van der Waals surface area contributed by atoms with E-state index in [4.69, 9.17) is 11.6 Å². The number of aliphatic hydroxyl groups is 1. The molecule has 3 rings (SSSR count). The summed E-state index contributed by atoms with van der Waals surface area (Å²) in [5, 5.41) is 12.6. The molecule has 0 saturated heterocycles. The third-order valence-corrected chi connectivity index (χ3v) is 6.13. The summed E-state index contributed by atoms with van der Waals surface area (Å²) in [6.45, 7) is 0. The zero-order valence-electron chi connectivity index (χ0n) is 14.6. The van der Waals surface area contributed by atoms with Gasteiger partial charge in [-0.1, -0.05) is 24.4 Å². The lowest BCUT2D eigenvalue weighted by Gasteiger charge is -2.17. The molecule has 0 spiro atoms. The fraction of sp³-hybridized carbons (Fsp3) is 0.350. The van der Waals surface area contributed by atoms with E-state index in [1.165, 1.54) is 48.2 Å². The molecule has 0 aromatic heterocycles. The molecule has 2 aromatic rings. The number of hydrogen-bond acceptors (Lipinski definition) is 3. The lowest BCUT2D eigenvalue weighted by Crippen LogP contribution is -2.14. The second-order valence-electron chi connectivity index (χ2n) is 6.64. The number of amides is 1. The van der Waals surface area contributed by atoms with Gasteiger partial charge >= 0.3 is 0 Å². The van der Waals surface area contributed by atoms with Crippen LogP contribution < -0.4 is 5.32 Å². The molecule has 1 saturated carbocycles. The first-order valence-corrected chi connectivity index (χ1v) is 10.1. The number of benzene rings is 2. The van der Waals surface area contributed by atoms with Crippen molar-refractivity contribution in [2.24, 2.45) is 0 Å². The second kappa shape index (κ2) is 9.04. The van der Waals surface area contributed by atoms with Gasteiger partial charge in [0.15, 0.2) is 0 Å². The number of carbonyl (C=O) groups excluding carboxylic acids is 1. The van der Waals surface area contributed by atoms with Crippen LogP contribution in [-0.2, 0) is 0 Å². The van der Waals surface area contributed by atoms with Crippen molar-refractivity contribution in [3.8, 4) is 0 Å². The molecule has 0 heterocycles. The molecule has 1 fully saturated rings. The van der Waals surface area contributed by atoms with Crippen LogP contribution in [0.4, 0.5) is 14.5 Å². The van der Waals surface area contributed by atoms with E-state index >= 15 is 0 Å². The van der Waals surface area contributed by atoms with E-state index < -0.39 is 11.7 Å². The first-order valence-electron chi connectivity index (χ1n) is 8.83. The quantitative estimate of drug-likeness (QED) is 0.638. The minimum atomic E-state index is -0.569. The van der Waals surface area contributed by atoms with Crippen molar-refractivity contribution < 1.29 is 18.7 Å². The standard InChI is InChI=1S/C20H20ClF2NO2S/c21-16-10-13(6-8-17(16)22)24-20(26)12-5-7-18(23)19(9-12)27-15-4-2-1-3-14(25)11-15/h5-10,14-15,25H,1-4,11H2,(H,24,26)/t14-,15-/m0/s1. The van der Waals surface area contributed by atoms with Gasteiger partial charge in [0.25, 0.3) is 5.91 Å². The van der Waals surface area contributed by atoms with Crippen LogP contribution in [0.2, 0.25) is 5.02 Å². The van der Waals surface area contributed by atoms with Gasteiger partial charge in [0.2, 0.25) is 0 Å². The monoisotopic (exact) mass is 411 g/mol. The van der Waals surface area contributed by atoms with Gasteiger partial charge in [-0.25, -0.2) is 8.78 Å². The van der Waals surface area contributed by atoms with Crippen molar-refractivity contribution in [3.05, 3.63) is 58.6 Å².